The van der Waals surface area contributed by atoms with E-state index >= 15 is 4.39 Å². The van der Waals surface area contributed by atoms with Gasteiger partial charge in [-0.25, -0.2) is 14.4 Å². The van der Waals surface area contributed by atoms with E-state index in [0.29, 0.717) is 52.9 Å². The van der Waals surface area contributed by atoms with Crippen LogP contribution >= 0.6 is 18.9 Å². The number of fused-ring (bicyclic) bond motifs is 3. The highest BCUT2D eigenvalue weighted by molar-refractivity contribution is 7.50. The predicted octanol–water partition coefficient (Wildman–Crippen LogP) is 2.60. The van der Waals surface area contributed by atoms with Crippen molar-refractivity contribution >= 4 is 52.7 Å². The number of hydrogen-bond acceptors (Lipinski definition) is 8. The van der Waals surface area contributed by atoms with Crippen LogP contribution in [-0.4, -0.2) is 85.8 Å². The van der Waals surface area contributed by atoms with Gasteiger partial charge in [0.25, 0.3) is 5.91 Å². The topological polar surface area (TPSA) is 165 Å². The van der Waals surface area contributed by atoms with Crippen molar-refractivity contribution in [1.82, 2.24) is 25.5 Å². The molecule has 45 heavy (non-hydrogen) atoms. The maximum atomic E-state index is 15.0. The van der Waals surface area contributed by atoms with E-state index in [2.05, 4.69) is 20.6 Å². The zero-order valence-corrected chi connectivity index (χ0v) is 26.0. The van der Waals surface area contributed by atoms with Crippen LogP contribution in [0.25, 0.3) is 10.1 Å². The van der Waals surface area contributed by atoms with Gasteiger partial charge < -0.3 is 30.2 Å². The van der Waals surface area contributed by atoms with E-state index in [1.165, 1.54) is 11.3 Å². The Hall–Kier alpha value is -3.45. The van der Waals surface area contributed by atoms with Gasteiger partial charge in [-0.1, -0.05) is 6.07 Å². The summed E-state index contributed by atoms with van der Waals surface area (Å²) in [6.07, 6.45) is 4.91. The first kappa shape index (κ1) is 30.2. The van der Waals surface area contributed by atoms with Crippen LogP contribution in [0.5, 0.6) is 0 Å². The van der Waals surface area contributed by atoms with Gasteiger partial charge in [0.05, 0.1) is 23.6 Å². The van der Waals surface area contributed by atoms with Crippen molar-refractivity contribution in [2.45, 2.75) is 68.6 Å². The van der Waals surface area contributed by atoms with Crippen molar-refractivity contribution in [3.63, 3.8) is 0 Å². The van der Waals surface area contributed by atoms with Gasteiger partial charge in [-0.3, -0.25) is 18.9 Å². The van der Waals surface area contributed by atoms with Crippen molar-refractivity contribution < 1.29 is 33.1 Å². The standard InChI is InChI=1S/C30H34FN6O6PS/c31-21-13-36(30-32-6-1-7-33-30)14-23(21)35-27(38)24-4-3-20-10-17-9-18(17)11-22(29(40)37(20)24)34-28(39)26-12-19-8-16(15-44(41,42)43)2-5-25(19)45-26/h1-2,5-8,12,17-18,20-24H,3-4,9-11,13-15H2,(H,34,39)(H,35,38)(H2,41,42,43)/t17-,18+,20-,21+,22?,23+,24+/m1/s1. The molecule has 4 aliphatic rings. The summed E-state index contributed by atoms with van der Waals surface area (Å²) in [5, 5.41) is 6.49. The summed E-state index contributed by atoms with van der Waals surface area (Å²) in [6.45, 7) is 0.282. The fraction of sp³-hybridized carbons (Fsp3) is 0.500. The molecule has 1 aromatic carbocycles. The number of rotatable bonds is 7. The smallest absolute Gasteiger partial charge is 0.329 e. The normalized spacial score (nSPS) is 29.6. The van der Waals surface area contributed by atoms with Gasteiger partial charge in [-0.15, -0.1) is 11.3 Å². The van der Waals surface area contributed by atoms with Crippen LogP contribution in [0.3, 0.4) is 0 Å². The van der Waals surface area contributed by atoms with Gasteiger partial charge >= 0.3 is 7.60 Å². The van der Waals surface area contributed by atoms with Gasteiger partial charge in [-0.05, 0) is 79.2 Å². The maximum absolute atomic E-state index is 15.0. The Bertz CT molecular complexity index is 1690. The van der Waals surface area contributed by atoms with E-state index in [1.54, 1.807) is 52.5 Å². The van der Waals surface area contributed by atoms with Crippen LogP contribution in [0, 0.1) is 11.8 Å². The number of benzene rings is 1. The lowest BCUT2D eigenvalue weighted by Crippen LogP contribution is -2.58. The monoisotopic (exact) mass is 656 g/mol. The van der Waals surface area contributed by atoms with E-state index in [0.717, 1.165) is 17.5 Å². The zero-order chi connectivity index (χ0) is 31.5. The molecule has 4 fully saturated rings. The van der Waals surface area contributed by atoms with E-state index in [-0.39, 0.29) is 30.9 Å². The van der Waals surface area contributed by atoms with Gasteiger partial charge in [0.2, 0.25) is 17.8 Å². The minimum Gasteiger partial charge on any atom is -0.347 e. The highest BCUT2D eigenvalue weighted by Gasteiger charge is 2.51. The molecule has 3 aliphatic heterocycles. The lowest BCUT2D eigenvalue weighted by Gasteiger charge is -2.35. The Kier molecular flexibility index (Phi) is 7.87. The number of anilines is 1. The van der Waals surface area contributed by atoms with Crippen molar-refractivity contribution in [2.24, 2.45) is 11.8 Å². The van der Waals surface area contributed by atoms with Crippen LogP contribution in [0.2, 0.25) is 0 Å². The van der Waals surface area contributed by atoms with E-state index in [1.807, 2.05) is 0 Å². The van der Waals surface area contributed by atoms with Crippen molar-refractivity contribution in [2.75, 3.05) is 18.0 Å². The van der Waals surface area contributed by atoms with E-state index in [9.17, 15) is 28.7 Å². The molecule has 0 radical (unpaired) electrons. The molecule has 7 rings (SSSR count). The molecule has 3 saturated heterocycles. The van der Waals surface area contributed by atoms with Crippen molar-refractivity contribution in [1.29, 1.82) is 0 Å². The predicted molar refractivity (Wildman–Crippen MR) is 164 cm³/mol. The molecular weight excluding hydrogens is 622 g/mol. The highest BCUT2D eigenvalue weighted by atomic mass is 32.1. The zero-order valence-electron chi connectivity index (χ0n) is 24.3. The number of aromatic nitrogens is 2. The molecule has 7 atom stereocenters. The van der Waals surface area contributed by atoms with Gasteiger partial charge in [0.15, 0.2) is 0 Å². The molecule has 1 saturated carbocycles. The Balaban J connectivity index is 1.05. The summed E-state index contributed by atoms with van der Waals surface area (Å²) in [4.78, 5) is 71.9. The average Bonchev–Trinajstić information content (AvgIpc) is 3.29. The molecular formula is C30H34FN6O6PS. The number of carbonyl (C=O) groups is 3. The lowest BCUT2D eigenvalue weighted by atomic mass is 9.99. The number of nitrogens with zero attached hydrogens (tertiary/aromatic N) is 4. The van der Waals surface area contributed by atoms with Gasteiger partial charge in [0.1, 0.15) is 18.3 Å². The molecule has 238 valence electrons. The largest absolute Gasteiger partial charge is 0.347 e. The molecule has 12 nitrogen and oxygen atoms in total. The summed E-state index contributed by atoms with van der Waals surface area (Å²) in [6, 6.07) is 5.95. The first-order valence-electron chi connectivity index (χ1n) is 15.2. The Morgan fingerprint density at radius 2 is 1.82 bits per heavy atom. The molecule has 1 aliphatic carbocycles. The van der Waals surface area contributed by atoms with Crippen molar-refractivity contribution in [3.05, 3.63) is 53.2 Å². The SMILES string of the molecule is O=C(NC1C[C@@H]2C[C@@H]2C[C@H]2CC[C@@H](C(=O)N[C@H]3CN(c4ncccn4)C[C@@H]3F)N2C1=O)c1cc2cc(CP(=O)(O)O)ccc2s1. The molecule has 3 amide bonds. The Morgan fingerprint density at radius 3 is 2.60 bits per heavy atom. The second-order valence-electron chi connectivity index (χ2n) is 12.6. The van der Waals surface area contributed by atoms with Gasteiger partial charge in [0, 0.05) is 29.7 Å². The second-order valence-corrected chi connectivity index (χ2v) is 15.4. The molecule has 15 heteroatoms. The fourth-order valence-electron chi connectivity index (χ4n) is 7.21. The third-order valence-electron chi connectivity index (χ3n) is 9.45. The molecule has 1 unspecified atom stereocenters. The number of hydrogen-bond donors (Lipinski definition) is 4. The number of thiophene rings is 1. The molecule has 0 spiro atoms. The summed E-state index contributed by atoms with van der Waals surface area (Å²) < 4.78 is 27.3. The molecule has 3 aromatic rings. The Labute approximate surface area is 262 Å². The van der Waals surface area contributed by atoms with Crippen LogP contribution < -0.4 is 15.5 Å². The molecule has 5 heterocycles. The minimum absolute atomic E-state index is 0.0603. The minimum atomic E-state index is -4.24. The van der Waals surface area contributed by atoms with E-state index in [4.69, 9.17) is 0 Å². The van der Waals surface area contributed by atoms with Crippen molar-refractivity contribution in [3.8, 4) is 0 Å². The third kappa shape index (κ3) is 6.33. The number of halogens is 1. The summed E-state index contributed by atoms with van der Waals surface area (Å²) in [5.74, 6) is 0.0911. The summed E-state index contributed by atoms with van der Waals surface area (Å²) in [5.41, 5.74) is 0.470. The molecule has 2 aromatic heterocycles. The fourth-order valence-corrected chi connectivity index (χ4v) is 8.83. The van der Waals surface area contributed by atoms with Crippen LogP contribution in [0.15, 0.2) is 42.7 Å². The third-order valence-corrected chi connectivity index (χ3v) is 11.3. The lowest BCUT2D eigenvalue weighted by molar-refractivity contribution is -0.143. The number of nitrogens with one attached hydrogen (secondary N) is 2. The van der Waals surface area contributed by atoms with Crippen LogP contribution in [0.4, 0.5) is 10.3 Å². The number of amides is 3. The number of alkyl halides is 1. The molecule has 4 N–H and O–H groups in total. The highest BCUT2D eigenvalue weighted by Crippen LogP contribution is 2.49. The first-order chi connectivity index (χ1) is 21.5. The van der Waals surface area contributed by atoms with Gasteiger partial charge in [-0.2, -0.15) is 0 Å². The first-order valence-corrected chi connectivity index (χ1v) is 17.8. The van der Waals surface area contributed by atoms with E-state index < -0.39 is 44.0 Å². The molecule has 0 bridgehead atoms. The second kappa shape index (κ2) is 11.7. The Morgan fingerprint density at radius 1 is 1.04 bits per heavy atom. The average molecular weight is 657 g/mol. The summed E-state index contributed by atoms with van der Waals surface area (Å²) >= 11 is 1.24. The van der Waals surface area contributed by atoms with Crippen LogP contribution in [-0.2, 0) is 20.3 Å². The number of carbonyl (C=O) groups excluding carboxylic acids is 3. The quantitative estimate of drug-likeness (QED) is 0.280. The van der Waals surface area contributed by atoms with Crippen LogP contribution in [0.1, 0.15) is 47.3 Å². The maximum Gasteiger partial charge on any atom is 0.329 e. The summed E-state index contributed by atoms with van der Waals surface area (Å²) in [7, 11) is -4.24.